The molecule has 0 amide bonds. The lowest BCUT2D eigenvalue weighted by Gasteiger charge is -2.29. The van der Waals surface area contributed by atoms with Gasteiger partial charge in [-0.15, -0.1) is 4.72 Å². The van der Waals surface area contributed by atoms with Gasteiger partial charge in [0, 0.05) is 47.5 Å². The van der Waals surface area contributed by atoms with Crippen molar-refractivity contribution in [2.24, 2.45) is 0 Å². The van der Waals surface area contributed by atoms with Gasteiger partial charge >= 0.3 is 0 Å². The molecule has 2 atom stereocenters. The number of rotatable bonds is 7. The maximum atomic E-state index is 13.1. The third kappa shape index (κ3) is 5.07. The highest BCUT2D eigenvalue weighted by atomic mass is 32.2. The van der Waals surface area contributed by atoms with E-state index in [0.29, 0.717) is 23.3 Å². The minimum absolute atomic E-state index is 0.291. The van der Waals surface area contributed by atoms with Crippen LogP contribution in [0.1, 0.15) is 43.6 Å². The van der Waals surface area contributed by atoms with E-state index in [1.165, 1.54) is 0 Å². The van der Waals surface area contributed by atoms with Crippen molar-refractivity contribution in [1.82, 2.24) is 14.9 Å². The van der Waals surface area contributed by atoms with E-state index in [-0.39, 0.29) is 6.04 Å². The van der Waals surface area contributed by atoms with Gasteiger partial charge in [-0.25, -0.2) is 4.98 Å². The number of nitrogens with one attached hydrogen (secondary N) is 2. The highest BCUT2D eigenvalue weighted by molar-refractivity contribution is 7.90. The van der Waals surface area contributed by atoms with Crippen molar-refractivity contribution in [2.75, 3.05) is 12.4 Å². The molecule has 174 valence electrons. The zero-order valence-electron chi connectivity index (χ0n) is 19.6. The number of fused-ring (bicyclic) bond motifs is 1. The number of anilines is 1. The highest BCUT2D eigenvalue weighted by Gasteiger charge is 2.31. The molecule has 0 aliphatic carbocycles. The van der Waals surface area contributed by atoms with Gasteiger partial charge in [0.1, 0.15) is 16.3 Å². The van der Waals surface area contributed by atoms with Crippen molar-refractivity contribution in [3.05, 3.63) is 77.5 Å². The predicted octanol–water partition coefficient (Wildman–Crippen LogP) is 5.14. The number of benzene rings is 2. The van der Waals surface area contributed by atoms with Gasteiger partial charge in [-0.1, -0.05) is 35.5 Å². The standard InChI is InChI=1S/C26H27N5O2S/c1-26(2,3)34(32)31-22(15-18-8-7-11-24(28-4)29-18)19-9-5-6-10-20(19)25-21-13-12-17(16-27)14-23(21)33-30-25/h5-14,22,31H,15H2,1-4H3,(H,28,29)/t22?,34-/m0/s1. The Morgan fingerprint density at radius 1 is 1.12 bits per heavy atom. The van der Waals surface area contributed by atoms with E-state index in [4.69, 9.17) is 4.52 Å². The molecule has 0 fully saturated rings. The van der Waals surface area contributed by atoms with Gasteiger partial charge in [0.25, 0.3) is 0 Å². The molecule has 4 aromatic rings. The van der Waals surface area contributed by atoms with Crippen LogP contribution in [0.5, 0.6) is 0 Å². The largest absolute Gasteiger partial charge is 0.598 e. The van der Waals surface area contributed by atoms with Crippen LogP contribution in [0, 0.1) is 11.3 Å². The summed E-state index contributed by atoms with van der Waals surface area (Å²) in [5.74, 6) is 0.775. The zero-order chi connectivity index (χ0) is 24.3. The Kier molecular flexibility index (Phi) is 6.89. The maximum absolute atomic E-state index is 13.1. The second-order valence-corrected chi connectivity index (χ2v) is 11.0. The van der Waals surface area contributed by atoms with E-state index in [2.05, 4.69) is 26.2 Å². The van der Waals surface area contributed by atoms with Crippen LogP contribution < -0.4 is 10.0 Å². The van der Waals surface area contributed by atoms with Gasteiger partial charge < -0.3 is 14.4 Å². The molecule has 2 aromatic heterocycles. The number of hydrogen-bond acceptors (Lipinski definition) is 7. The van der Waals surface area contributed by atoms with Gasteiger partial charge in [-0.3, -0.25) is 0 Å². The fraction of sp³-hybridized carbons (Fsp3) is 0.269. The van der Waals surface area contributed by atoms with Crippen LogP contribution in [0.4, 0.5) is 5.82 Å². The van der Waals surface area contributed by atoms with Crippen LogP contribution >= 0.6 is 0 Å². The molecule has 2 heterocycles. The van der Waals surface area contributed by atoms with Crippen molar-refractivity contribution < 1.29 is 9.08 Å². The maximum Gasteiger partial charge on any atom is 0.168 e. The summed E-state index contributed by atoms with van der Waals surface area (Å²) in [5.41, 5.74) is 4.43. The van der Waals surface area contributed by atoms with Gasteiger partial charge in [0.2, 0.25) is 0 Å². The van der Waals surface area contributed by atoms with Crippen molar-refractivity contribution in [3.63, 3.8) is 0 Å². The fourth-order valence-electron chi connectivity index (χ4n) is 3.68. The SMILES string of the molecule is CNc1cccc(CC(N[S@@+]([O-])C(C)(C)C)c2ccccc2-c2noc3cc(C#N)ccc23)n1. The summed E-state index contributed by atoms with van der Waals surface area (Å²) in [7, 11) is 1.83. The third-order valence-corrected chi connectivity index (χ3v) is 7.09. The molecular formula is C26H27N5O2S. The quantitative estimate of drug-likeness (QED) is 0.358. The Morgan fingerprint density at radius 2 is 1.91 bits per heavy atom. The first-order valence-corrected chi connectivity index (χ1v) is 12.2. The van der Waals surface area contributed by atoms with E-state index in [0.717, 1.165) is 28.0 Å². The van der Waals surface area contributed by atoms with Crippen molar-refractivity contribution in [2.45, 2.75) is 38.0 Å². The minimum Gasteiger partial charge on any atom is -0.598 e. The highest BCUT2D eigenvalue weighted by Crippen LogP contribution is 2.35. The molecule has 34 heavy (non-hydrogen) atoms. The Hall–Kier alpha value is -3.38. The first-order chi connectivity index (χ1) is 16.3. The number of aromatic nitrogens is 2. The van der Waals surface area contributed by atoms with E-state index in [9.17, 15) is 9.81 Å². The van der Waals surface area contributed by atoms with Crippen LogP contribution in [0.25, 0.3) is 22.2 Å². The number of nitrogens with zero attached hydrogens (tertiary/aromatic N) is 3. The molecule has 4 rings (SSSR count). The molecule has 0 saturated heterocycles. The molecular weight excluding hydrogens is 446 g/mol. The lowest BCUT2D eigenvalue weighted by Crippen LogP contribution is -2.42. The first-order valence-electron chi connectivity index (χ1n) is 11.0. The summed E-state index contributed by atoms with van der Waals surface area (Å²) in [6.07, 6.45) is 0.530. The topological polar surface area (TPSA) is 110 Å². The number of pyridine rings is 1. The van der Waals surface area contributed by atoms with Crippen LogP contribution in [0.2, 0.25) is 0 Å². The molecule has 2 N–H and O–H groups in total. The van der Waals surface area contributed by atoms with Crippen molar-refractivity contribution >= 4 is 28.1 Å². The summed E-state index contributed by atoms with van der Waals surface area (Å²) < 4.78 is 21.6. The summed E-state index contributed by atoms with van der Waals surface area (Å²) in [4.78, 5) is 4.67. The van der Waals surface area contributed by atoms with Gasteiger partial charge in [0.05, 0.1) is 17.7 Å². The van der Waals surface area contributed by atoms with Crippen LogP contribution in [0.15, 0.2) is 65.2 Å². The Labute approximate surface area is 202 Å². The Bertz CT molecular complexity index is 1340. The Morgan fingerprint density at radius 3 is 2.65 bits per heavy atom. The average Bonchev–Trinajstić information content (AvgIpc) is 3.26. The van der Waals surface area contributed by atoms with E-state index >= 15 is 0 Å². The molecule has 0 aliphatic heterocycles. The third-order valence-electron chi connectivity index (χ3n) is 5.47. The van der Waals surface area contributed by atoms with E-state index in [1.54, 1.807) is 12.1 Å². The first kappa shape index (κ1) is 23.8. The second-order valence-electron chi connectivity index (χ2n) is 8.96. The summed E-state index contributed by atoms with van der Waals surface area (Å²) in [5, 5.41) is 17.4. The lowest BCUT2D eigenvalue weighted by molar-refractivity contribution is 0.459. The monoisotopic (exact) mass is 473 g/mol. The number of nitriles is 1. The van der Waals surface area contributed by atoms with Crippen molar-refractivity contribution in [1.29, 1.82) is 5.26 Å². The second kappa shape index (κ2) is 9.85. The van der Waals surface area contributed by atoms with Gasteiger partial charge in [0.15, 0.2) is 5.58 Å². The number of hydrogen-bond donors (Lipinski definition) is 2. The van der Waals surface area contributed by atoms with Crippen LogP contribution in [0.3, 0.4) is 0 Å². The molecule has 0 bridgehead atoms. The van der Waals surface area contributed by atoms with E-state index in [1.807, 2.05) is 76.3 Å². The molecule has 2 aromatic carbocycles. The molecule has 7 nitrogen and oxygen atoms in total. The van der Waals surface area contributed by atoms with E-state index < -0.39 is 16.1 Å². The average molecular weight is 474 g/mol. The molecule has 1 unspecified atom stereocenters. The summed E-state index contributed by atoms with van der Waals surface area (Å²) in [6, 6.07) is 20.9. The predicted molar refractivity (Wildman–Crippen MR) is 135 cm³/mol. The molecule has 8 heteroatoms. The summed E-state index contributed by atoms with van der Waals surface area (Å²) >= 11 is -1.31. The fourth-order valence-corrected chi connectivity index (χ4v) is 4.50. The minimum atomic E-state index is -1.31. The normalized spacial score (nSPS) is 13.4. The van der Waals surface area contributed by atoms with Crippen molar-refractivity contribution in [3.8, 4) is 17.3 Å². The summed E-state index contributed by atoms with van der Waals surface area (Å²) in [6.45, 7) is 5.82. The van der Waals surface area contributed by atoms with Gasteiger partial charge in [-0.2, -0.15) is 5.26 Å². The molecule has 0 radical (unpaired) electrons. The van der Waals surface area contributed by atoms with Gasteiger partial charge in [-0.05, 0) is 50.6 Å². The molecule has 0 aliphatic rings. The molecule has 0 spiro atoms. The van der Waals surface area contributed by atoms with Crippen LogP contribution in [-0.2, 0) is 17.8 Å². The Balaban J connectivity index is 1.80. The molecule has 0 saturated carbocycles. The van der Waals surface area contributed by atoms with Crippen LogP contribution in [-0.4, -0.2) is 26.5 Å². The zero-order valence-corrected chi connectivity index (χ0v) is 20.4. The smallest absolute Gasteiger partial charge is 0.168 e. The lowest BCUT2D eigenvalue weighted by atomic mass is 9.94.